The lowest BCUT2D eigenvalue weighted by molar-refractivity contribution is -0.120. The number of aromatic hydroxyl groups is 1. The summed E-state index contributed by atoms with van der Waals surface area (Å²) in [7, 11) is -3.61. The van der Waals surface area contributed by atoms with Crippen LogP contribution in [0.3, 0.4) is 0 Å². The minimum atomic E-state index is -3.61. The van der Waals surface area contributed by atoms with Crippen LogP contribution in [-0.2, 0) is 14.8 Å². The number of phenolic OH excluding ortho intramolecular Hbond substituents is 1. The zero-order valence-electron chi connectivity index (χ0n) is 13.1. The van der Waals surface area contributed by atoms with Crippen LogP contribution in [0.15, 0.2) is 23.1 Å². The molecule has 2 rings (SSSR count). The van der Waals surface area contributed by atoms with Gasteiger partial charge in [-0.15, -0.1) is 12.4 Å². The topological polar surface area (TPSA) is 113 Å². The number of phenols is 1. The molecule has 9 heteroatoms. The van der Waals surface area contributed by atoms with Gasteiger partial charge in [0.1, 0.15) is 5.75 Å². The minimum absolute atomic E-state index is 0. The third-order valence-corrected chi connectivity index (χ3v) is 5.40. The predicted octanol–water partition coefficient (Wildman–Crippen LogP) is 1.27. The zero-order chi connectivity index (χ0) is 16.5. The maximum atomic E-state index is 12.5. The highest BCUT2D eigenvalue weighted by Gasteiger charge is 2.28. The van der Waals surface area contributed by atoms with Gasteiger partial charge >= 0.3 is 0 Å². The van der Waals surface area contributed by atoms with Gasteiger partial charge in [-0.3, -0.25) is 4.79 Å². The first-order valence-corrected chi connectivity index (χ1v) is 8.50. The highest BCUT2D eigenvalue weighted by Crippen LogP contribution is 2.29. The quantitative estimate of drug-likeness (QED) is 0.697. The van der Waals surface area contributed by atoms with E-state index >= 15 is 0 Å². The van der Waals surface area contributed by atoms with Gasteiger partial charge in [-0.1, -0.05) is 0 Å². The molecule has 1 saturated heterocycles. The molecule has 130 valence electrons. The van der Waals surface area contributed by atoms with E-state index in [1.165, 1.54) is 36.4 Å². The molecule has 0 unspecified atom stereocenters. The number of rotatable bonds is 4. The van der Waals surface area contributed by atoms with Crippen molar-refractivity contribution in [2.75, 3.05) is 18.4 Å². The third-order valence-electron chi connectivity index (χ3n) is 3.50. The first-order chi connectivity index (χ1) is 10.1. The van der Waals surface area contributed by atoms with E-state index in [2.05, 4.69) is 5.32 Å². The maximum Gasteiger partial charge on any atom is 0.243 e. The van der Waals surface area contributed by atoms with Crippen LogP contribution in [0.4, 0.5) is 5.69 Å². The molecule has 4 N–H and O–H groups in total. The first kappa shape index (κ1) is 19.7. The van der Waals surface area contributed by atoms with Crippen molar-refractivity contribution < 1.29 is 18.3 Å². The van der Waals surface area contributed by atoms with Crippen LogP contribution in [0, 0.1) is 0 Å². The molecule has 0 atom stereocenters. The van der Waals surface area contributed by atoms with Gasteiger partial charge in [0.05, 0.1) is 16.1 Å². The molecular weight excluding hydrogens is 342 g/mol. The molecule has 1 aliphatic heterocycles. The summed E-state index contributed by atoms with van der Waals surface area (Å²) in [6.45, 7) is 4.01. The fraction of sp³-hybridized carbons (Fsp3) is 0.500. The highest BCUT2D eigenvalue weighted by atomic mass is 35.5. The average Bonchev–Trinajstić information content (AvgIpc) is 2.94. The summed E-state index contributed by atoms with van der Waals surface area (Å²) in [5.74, 6) is -0.725. The largest absolute Gasteiger partial charge is 0.506 e. The summed E-state index contributed by atoms with van der Waals surface area (Å²) in [5.41, 5.74) is 4.57. The smallest absolute Gasteiger partial charge is 0.243 e. The molecule has 23 heavy (non-hydrogen) atoms. The summed E-state index contributed by atoms with van der Waals surface area (Å²) in [5, 5.41) is 12.3. The Balaban J connectivity index is 0.00000264. The fourth-order valence-electron chi connectivity index (χ4n) is 2.14. The highest BCUT2D eigenvalue weighted by molar-refractivity contribution is 7.89. The SMILES string of the molecule is CC(C)(N)C(=O)Nc1cc(S(=O)(=O)N2CCCC2)ccc1O.Cl. The second kappa shape index (κ2) is 7.04. The predicted molar refractivity (Wildman–Crippen MR) is 90.2 cm³/mol. The van der Waals surface area contributed by atoms with Gasteiger partial charge in [-0.05, 0) is 44.9 Å². The molecular formula is C14H22ClN3O4S. The normalized spacial score (nSPS) is 16.0. The van der Waals surface area contributed by atoms with E-state index in [1.54, 1.807) is 0 Å². The molecule has 0 bridgehead atoms. The Morgan fingerprint density at radius 3 is 2.39 bits per heavy atom. The van der Waals surface area contributed by atoms with Gasteiger partial charge in [0.2, 0.25) is 15.9 Å². The van der Waals surface area contributed by atoms with E-state index in [1.807, 2.05) is 0 Å². The number of carbonyl (C=O) groups is 1. The summed E-state index contributed by atoms with van der Waals surface area (Å²) in [6, 6.07) is 3.83. The van der Waals surface area contributed by atoms with Crippen molar-refractivity contribution in [1.29, 1.82) is 0 Å². The lowest BCUT2D eigenvalue weighted by Gasteiger charge is -2.20. The number of carbonyl (C=O) groups excluding carboxylic acids is 1. The minimum Gasteiger partial charge on any atom is -0.506 e. The number of benzene rings is 1. The average molecular weight is 364 g/mol. The van der Waals surface area contributed by atoms with Crippen molar-refractivity contribution in [2.45, 2.75) is 37.1 Å². The summed E-state index contributed by atoms with van der Waals surface area (Å²) < 4.78 is 26.4. The van der Waals surface area contributed by atoms with E-state index < -0.39 is 21.5 Å². The Morgan fingerprint density at radius 1 is 1.30 bits per heavy atom. The number of nitrogens with two attached hydrogens (primary N) is 1. The van der Waals surface area contributed by atoms with Gasteiger partial charge in [-0.2, -0.15) is 4.31 Å². The van der Waals surface area contributed by atoms with Crippen LogP contribution < -0.4 is 11.1 Å². The van der Waals surface area contributed by atoms with Gasteiger partial charge in [0.15, 0.2) is 0 Å². The van der Waals surface area contributed by atoms with Crippen LogP contribution in [0.25, 0.3) is 0 Å². The molecule has 1 aliphatic rings. The molecule has 0 saturated carbocycles. The van der Waals surface area contributed by atoms with Crippen molar-refractivity contribution in [1.82, 2.24) is 4.31 Å². The third kappa shape index (κ3) is 4.35. The van der Waals surface area contributed by atoms with Crippen LogP contribution in [0.2, 0.25) is 0 Å². The van der Waals surface area contributed by atoms with Gasteiger partial charge in [0, 0.05) is 13.1 Å². The fourth-order valence-corrected chi connectivity index (χ4v) is 3.68. The number of hydrogen-bond acceptors (Lipinski definition) is 5. The first-order valence-electron chi connectivity index (χ1n) is 7.06. The number of sulfonamides is 1. The van der Waals surface area contributed by atoms with Gasteiger partial charge in [-0.25, -0.2) is 8.42 Å². The molecule has 1 fully saturated rings. The van der Waals surface area contributed by atoms with Crippen molar-refractivity contribution in [3.05, 3.63) is 18.2 Å². The summed E-state index contributed by atoms with van der Waals surface area (Å²) >= 11 is 0. The number of nitrogens with one attached hydrogen (secondary N) is 1. The molecule has 1 heterocycles. The summed E-state index contributed by atoms with van der Waals surface area (Å²) in [4.78, 5) is 11.9. The van der Waals surface area contributed by atoms with E-state index in [0.717, 1.165) is 12.8 Å². The number of anilines is 1. The van der Waals surface area contributed by atoms with Crippen LogP contribution in [-0.4, -0.2) is 42.4 Å². The maximum absolute atomic E-state index is 12.5. The molecule has 1 amide bonds. The van der Waals surface area contributed by atoms with Crippen LogP contribution in [0.5, 0.6) is 5.75 Å². The molecule has 0 aromatic heterocycles. The number of halogens is 1. The van der Waals surface area contributed by atoms with Crippen LogP contribution >= 0.6 is 12.4 Å². The Morgan fingerprint density at radius 2 is 1.87 bits per heavy atom. The van der Waals surface area contributed by atoms with E-state index in [-0.39, 0.29) is 28.7 Å². The Hall–Kier alpha value is -1.35. The monoisotopic (exact) mass is 363 g/mol. The molecule has 0 radical (unpaired) electrons. The van der Waals surface area contributed by atoms with Crippen molar-refractivity contribution >= 4 is 34.0 Å². The Labute approximate surface area is 142 Å². The lowest BCUT2D eigenvalue weighted by atomic mass is 10.1. The second-order valence-corrected chi connectivity index (χ2v) is 7.90. The molecule has 0 spiro atoms. The van der Waals surface area contributed by atoms with E-state index in [0.29, 0.717) is 13.1 Å². The van der Waals surface area contributed by atoms with E-state index in [4.69, 9.17) is 5.73 Å². The lowest BCUT2D eigenvalue weighted by Crippen LogP contribution is -2.45. The summed E-state index contributed by atoms with van der Waals surface area (Å²) in [6.07, 6.45) is 1.67. The Bertz CT molecular complexity index is 680. The molecule has 0 aliphatic carbocycles. The molecule has 1 aromatic rings. The second-order valence-electron chi connectivity index (χ2n) is 5.97. The molecule has 7 nitrogen and oxygen atoms in total. The van der Waals surface area contributed by atoms with Crippen molar-refractivity contribution in [3.8, 4) is 5.75 Å². The number of nitrogens with zero attached hydrogens (tertiary/aromatic N) is 1. The zero-order valence-corrected chi connectivity index (χ0v) is 14.7. The molecule has 1 aromatic carbocycles. The van der Waals surface area contributed by atoms with Crippen molar-refractivity contribution in [2.24, 2.45) is 5.73 Å². The standard InChI is InChI=1S/C14H21N3O4S.ClH/c1-14(2,15)13(19)16-11-9-10(5-6-12(11)18)22(20,21)17-7-3-4-8-17;/h5-6,9,18H,3-4,7-8,15H2,1-2H3,(H,16,19);1H. The van der Waals surface area contributed by atoms with Gasteiger partial charge < -0.3 is 16.2 Å². The van der Waals surface area contributed by atoms with E-state index in [9.17, 15) is 18.3 Å². The Kier molecular flexibility index (Phi) is 6.03. The van der Waals surface area contributed by atoms with Crippen molar-refractivity contribution in [3.63, 3.8) is 0 Å². The van der Waals surface area contributed by atoms with Crippen LogP contribution in [0.1, 0.15) is 26.7 Å². The van der Waals surface area contributed by atoms with Gasteiger partial charge in [0.25, 0.3) is 0 Å². The number of hydrogen-bond donors (Lipinski definition) is 3. The number of amides is 1.